The number of nitrogens with zero attached hydrogens (tertiary/aromatic N) is 1. The Morgan fingerprint density at radius 3 is 2.26 bits per heavy atom. The first-order valence-electron chi connectivity index (χ1n) is 6.35. The van der Waals surface area contributed by atoms with E-state index in [4.69, 9.17) is 32.7 Å². The molecule has 0 bridgehead atoms. The molecule has 1 saturated heterocycles. The molecule has 0 saturated carbocycles. The van der Waals surface area contributed by atoms with E-state index in [9.17, 15) is 4.79 Å². The number of hydrogen-bond donors (Lipinski definition) is 0. The lowest BCUT2D eigenvalue weighted by Crippen LogP contribution is -2.49. The van der Waals surface area contributed by atoms with Crippen molar-refractivity contribution >= 4 is 29.1 Å². The third-order valence-corrected chi connectivity index (χ3v) is 3.80. The van der Waals surface area contributed by atoms with Crippen molar-refractivity contribution < 1.29 is 14.3 Å². The highest BCUT2D eigenvalue weighted by Gasteiger charge is 2.33. The van der Waals surface area contributed by atoms with Crippen molar-refractivity contribution in [3.63, 3.8) is 0 Å². The van der Waals surface area contributed by atoms with Crippen LogP contribution in [0.1, 0.15) is 20.8 Å². The highest BCUT2D eigenvalue weighted by Crippen LogP contribution is 2.24. The van der Waals surface area contributed by atoms with Crippen LogP contribution < -0.4 is 0 Å². The van der Waals surface area contributed by atoms with Gasteiger partial charge in [-0.05, 0) is 13.8 Å². The summed E-state index contributed by atoms with van der Waals surface area (Å²) in [6.45, 7) is 10.3. The molecule has 0 aromatic carbocycles. The van der Waals surface area contributed by atoms with Gasteiger partial charge in [-0.1, -0.05) is 36.2 Å². The van der Waals surface area contributed by atoms with E-state index in [2.05, 4.69) is 13.5 Å². The summed E-state index contributed by atoms with van der Waals surface area (Å²) in [5, 5.41) is 0. The minimum atomic E-state index is -1.09. The predicted octanol–water partition coefficient (Wildman–Crippen LogP) is 2.59. The molecular weight excluding hydrogens is 289 g/mol. The van der Waals surface area contributed by atoms with E-state index in [1.807, 2.05) is 13.8 Å². The third kappa shape index (κ3) is 4.63. The number of carbonyl (C=O) groups is 1. The van der Waals surface area contributed by atoms with Crippen molar-refractivity contribution in [3.8, 4) is 0 Å². The second kappa shape index (κ2) is 7.48. The molecule has 1 amide bonds. The van der Waals surface area contributed by atoms with Crippen molar-refractivity contribution in [2.24, 2.45) is 5.92 Å². The van der Waals surface area contributed by atoms with E-state index in [-0.39, 0.29) is 18.1 Å². The number of alkyl halides is 2. The molecule has 1 fully saturated rings. The highest BCUT2D eigenvalue weighted by atomic mass is 35.5. The third-order valence-electron chi connectivity index (χ3n) is 3.43. The fourth-order valence-corrected chi connectivity index (χ4v) is 2.23. The normalized spacial score (nSPS) is 31.3. The summed E-state index contributed by atoms with van der Waals surface area (Å²) in [6, 6.07) is 0. The first kappa shape index (κ1) is 16.8. The highest BCUT2D eigenvalue weighted by molar-refractivity contribution is 6.53. The van der Waals surface area contributed by atoms with E-state index >= 15 is 0 Å². The number of hydrogen-bond acceptors (Lipinski definition) is 3. The van der Waals surface area contributed by atoms with Crippen LogP contribution in [0.5, 0.6) is 0 Å². The van der Waals surface area contributed by atoms with Crippen LogP contribution in [-0.2, 0) is 14.3 Å². The first-order chi connectivity index (χ1) is 8.86. The van der Waals surface area contributed by atoms with Crippen LogP contribution in [0.2, 0.25) is 0 Å². The maximum Gasteiger partial charge on any atom is 0.256 e. The van der Waals surface area contributed by atoms with Crippen molar-refractivity contribution in [2.45, 2.75) is 44.1 Å². The molecule has 1 aliphatic heterocycles. The van der Waals surface area contributed by atoms with Gasteiger partial charge in [-0.3, -0.25) is 4.79 Å². The summed E-state index contributed by atoms with van der Waals surface area (Å²) < 4.78 is 11.5. The molecule has 2 atom stereocenters. The van der Waals surface area contributed by atoms with E-state index in [0.717, 1.165) is 0 Å². The molecule has 0 spiro atoms. The van der Waals surface area contributed by atoms with Crippen LogP contribution in [0.4, 0.5) is 0 Å². The standard InChI is InChI=1S/C13H21Cl2NO3/c1-5-6-16(13(17)12(14)15)7-11-18-9(3)8(2)10(4)19-11/h5,8-12H,1,6-7H2,2-4H3. The predicted molar refractivity (Wildman–Crippen MR) is 76.3 cm³/mol. The van der Waals surface area contributed by atoms with Gasteiger partial charge in [-0.2, -0.15) is 0 Å². The van der Waals surface area contributed by atoms with Crippen LogP contribution in [0.15, 0.2) is 12.7 Å². The molecule has 1 rings (SSSR count). The van der Waals surface area contributed by atoms with E-state index in [1.54, 1.807) is 6.08 Å². The smallest absolute Gasteiger partial charge is 0.256 e. The summed E-state index contributed by atoms with van der Waals surface area (Å²) in [5.41, 5.74) is 0. The van der Waals surface area contributed by atoms with Gasteiger partial charge in [0, 0.05) is 12.5 Å². The lowest BCUT2D eigenvalue weighted by molar-refractivity contribution is -0.260. The number of rotatable bonds is 5. The second-order valence-electron chi connectivity index (χ2n) is 4.80. The first-order valence-corrected chi connectivity index (χ1v) is 7.22. The molecule has 0 aromatic rings. The summed E-state index contributed by atoms with van der Waals surface area (Å²) in [7, 11) is 0. The van der Waals surface area contributed by atoms with Gasteiger partial charge in [0.25, 0.3) is 5.91 Å². The molecule has 0 aromatic heterocycles. The maximum atomic E-state index is 11.8. The quantitative estimate of drug-likeness (QED) is 0.579. The monoisotopic (exact) mass is 309 g/mol. The van der Waals surface area contributed by atoms with Crippen molar-refractivity contribution in [2.75, 3.05) is 13.1 Å². The number of carbonyl (C=O) groups excluding carboxylic acids is 1. The van der Waals surface area contributed by atoms with Crippen molar-refractivity contribution in [1.82, 2.24) is 4.90 Å². The zero-order chi connectivity index (χ0) is 14.6. The number of ether oxygens (including phenoxy) is 2. The van der Waals surface area contributed by atoms with Crippen molar-refractivity contribution in [3.05, 3.63) is 12.7 Å². The molecule has 4 nitrogen and oxygen atoms in total. The van der Waals surface area contributed by atoms with Crippen molar-refractivity contribution in [1.29, 1.82) is 0 Å². The second-order valence-corrected chi connectivity index (χ2v) is 5.90. The van der Waals surface area contributed by atoms with Crippen LogP contribution in [0.25, 0.3) is 0 Å². The Hall–Kier alpha value is -0.290. The van der Waals surface area contributed by atoms with E-state index < -0.39 is 11.1 Å². The summed E-state index contributed by atoms with van der Waals surface area (Å²) in [5.74, 6) is -0.0528. The average molecular weight is 310 g/mol. The largest absolute Gasteiger partial charge is 0.347 e. The number of halogens is 2. The lowest BCUT2D eigenvalue weighted by atomic mass is 9.99. The minimum Gasteiger partial charge on any atom is -0.347 e. The zero-order valence-electron chi connectivity index (χ0n) is 11.5. The van der Waals surface area contributed by atoms with Crippen LogP contribution in [0.3, 0.4) is 0 Å². The molecule has 110 valence electrons. The summed E-state index contributed by atoms with van der Waals surface area (Å²) in [6.07, 6.45) is 1.32. The Balaban J connectivity index is 2.64. The van der Waals surface area contributed by atoms with Crippen LogP contribution in [-0.4, -0.2) is 47.2 Å². The molecule has 1 aliphatic rings. The van der Waals surface area contributed by atoms with Gasteiger partial charge in [0.1, 0.15) is 0 Å². The lowest BCUT2D eigenvalue weighted by Gasteiger charge is -2.39. The number of amides is 1. The van der Waals surface area contributed by atoms with Gasteiger partial charge in [0.15, 0.2) is 11.1 Å². The zero-order valence-corrected chi connectivity index (χ0v) is 13.0. The minimum absolute atomic E-state index is 0.0808. The van der Waals surface area contributed by atoms with Crippen LogP contribution >= 0.6 is 23.2 Å². The van der Waals surface area contributed by atoms with Gasteiger partial charge >= 0.3 is 0 Å². The summed E-state index contributed by atoms with van der Waals surface area (Å²) in [4.78, 5) is 12.2. The SMILES string of the molecule is C=CCN(CC1OC(C)C(C)C(C)O1)C(=O)C(Cl)Cl. The molecule has 6 heteroatoms. The van der Waals surface area contributed by atoms with Gasteiger partial charge in [-0.25, -0.2) is 0 Å². The van der Waals surface area contributed by atoms with E-state index in [1.165, 1.54) is 4.90 Å². The fraction of sp³-hybridized carbons (Fsp3) is 0.769. The molecule has 1 heterocycles. The Kier molecular flexibility index (Phi) is 6.60. The van der Waals surface area contributed by atoms with Gasteiger partial charge < -0.3 is 14.4 Å². The average Bonchev–Trinajstić information content (AvgIpc) is 2.34. The topological polar surface area (TPSA) is 38.8 Å². The maximum absolute atomic E-state index is 11.8. The Bertz CT molecular complexity index is 313. The Labute approximate surface area is 124 Å². The summed E-state index contributed by atoms with van der Waals surface area (Å²) >= 11 is 11.2. The fourth-order valence-electron chi connectivity index (χ4n) is 1.95. The Morgan fingerprint density at radius 1 is 1.32 bits per heavy atom. The van der Waals surface area contributed by atoms with E-state index in [0.29, 0.717) is 19.0 Å². The van der Waals surface area contributed by atoms with Gasteiger partial charge in [-0.15, -0.1) is 6.58 Å². The molecule has 0 aliphatic carbocycles. The van der Waals surface area contributed by atoms with Crippen LogP contribution in [0, 0.1) is 5.92 Å². The Morgan fingerprint density at radius 2 is 1.84 bits per heavy atom. The molecule has 2 unspecified atom stereocenters. The molecule has 0 radical (unpaired) electrons. The van der Waals surface area contributed by atoms with Gasteiger partial charge in [0.2, 0.25) is 0 Å². The molecular formula is C13H21Cl2NO3. The molecule has 19 heavy (non-hydrogen) atoms. The molecule has 0 N–H and O–H groups in total. The van der Waals surface area contributed by atoms with Gasteiger partial charge in [0.05, 0.1) is 18.8 Å².